The van der Waals surface area contributed by atoms with E-state index in [1.54, 1.807) is 0 Å². The summed E-state index contributed by atoms with van der Waals surface area (Å²) in [4.78, 5) is 36.7. The largest absolute Gasteiger partial charge is 0.479 e. The second-order valence-corrected chi connectivity index (χ2v) is 15.6. The fraction of sp³-hybridized carbons (Fsp3) is 0.930. The minimum atomic E-state index is -1.85. The maximum absolute atomic E-state index is 12.7. The van der Waals surface area contributed by atoms with Gasteiger partial charge in [0, 0.05) is 12.8 Å². The van der Waals surface area contributed by atoms with Crippen LogP contribution >= 0.6 is 0 Å². The Bertz CT molecular complexity index is 916. The van der Waals surface area contributed by atoms with Crippen molar-refractivity contribution in [3.8, 4) is 0 Å². The Morgan fingerprint density at radius 1 is 0.500 bits per heavy atom. The molecule has 6 atom stereocenters. The lowest BCUT2D eigenvalue weighted by atomic mass is 9.99. The second kappa shape index (κ2) is 34.5. The van der Waals surface area contributed by atoms with Gasteiger partial charge in [-0.3, -0.25) is 9.59 Å². The van der Waals surface area contributed by atoms with Crippen molar-refractivity contribution in [1.82, 2.24) is 0 Å². The van der Waals surface area contributed by atoms with Crippen molar-refractivity contribution in [2.24, 2.45) is 0 Å². The molecule has 0 aromatic heterocycles. The molecule has 318 valence electrons. The first-order valence-corrected chi connectivity index (χ1v) is 22.1. The second-order valence-electron chi connectivity index (χ2n) is 15.6. The van der Waals surface area contributed by atoms with Crippen LogP contribution in [0.1, 0.15) is 206 Å². The molecule has 1 fully saturated rings. The number of ether oxygens (including phenoxy) is 4. The van der Waals surface area contributed by atoms with Crippen LogP contribution in [0.25, 0.3) is 0 Å². The molecule has 11 nitrogen and oxygen atoms in total. The lowest BCUT2D eigenvalue weighted by molar-refractivity contribution is -0.298. The molecule has 1 heterocycles. The molecular weight excluding hydrogens is 692 g/mol. The van der Waals surface area contributed by atoms with Crippen molar-refractivity contribution in [1.29, 1.82) is 0 Å². The molecule has 4 N–H and O–H groups in total. The molecule has 1 saturated heterocycles. The van der Waals surface area contributed by atoms with Crippen LogP contribution in [0.5, 0.6) is 0 Å². The van der Waals surface area contributed by atoms with E-state index in [9.17, 15) is 34.8 Å². The highest BCUT2D eigenvalue weighted by atomic mass is 16.7. The van der Waals surface area contributed by atoms with Crippen molar-refractivity contribution in [3.63, 3.8) is 0 Å². The zero-order valence-corrected chi connectivity index (χ0v) is 34.2. The molecule has 0 aliphatic carbocycles. The third kappa shape index (κ3) is 26.1. The summed E-state index contributed by atoms with van der Waals surface area (Å²) in [6.45, 7) is 3.80. The average molecular weight is 773 g/mol. The van der Waals surface area contributed by atoms with Gasteiger partial charge >= 0.3 is 17.9 Å². The number of aliphatic carboxylic acids is 1. The number of hydrogen-bond donors (Lipinski definition) is 4. The number of aliphatic hydroxyl groups excluding tert-OH is 3. The van der Waals surface area contributed by atoms with Gasteiger partial charge in [0.1, 0.15) is 24.9 Å². The highest BCUT2D eigenvalue weighted by Crippen LogP contribution is 2.23. The normalized spacial score (nSPS) is 20.5. The summed E-state index contributed by atoms with van der Waals surface area (Å²) in [7, 11) is 0. The summed E-state index contributed by atoms with van der Waals surface area (Å²) >= 11 is 0. The van der Waals surface area contributed by atoms with Gasteiger partial charge in [0.15, 0.2) is 18.5 Å². The standard InChI is InChI=1S/C43H80O11/c1-3-5-7-9-11-13-14-15-16-17-18-19-20-21-22-24-25-27-29-31-36(44)51-33-35(53-37(45)32-30-28-26-23-12-10-8-6-4-2)34-52-43-40(48)38(46)39(47)41(54-43)42(49)50/h35,38-41,43,46-48H,3-34H2,1-2H3,(H,49,50). The van der Waals surface area contributed by atoms with E-state index >= 15 is 0 Å². The van der Waals surface area contributed by atoms with E-state index in [-0.39, 0.29) is 26.1 Å². The number of carbonyl (C=O) groups is 3. The number of carboxylic acid groups (broad SMARTS) is 1. The number of carboxylic acids is 1. The van der Waals surface area contributed by atoms with Gasteiger partial charge in [0.05, 0.1) is 6.61 Å². The van der Waals surface area contributed by atoms with E-state index in [1.165, 1.54) is 128 Å². The zero-order chi connectivity index (χ0) is 39.7. The van der Waals surface area contributed by atoms with Gasteiger partial charge in [-0.05, 0) is 12.8 Å². The number of carbonyl (C=O) groups excluding carboxylic acids is 2. The van der Waals surface area contributed by atoms with Gasteiger partial charge in [0.2, 0.25) is 0 Å². The van der Waals surface area contributed by atoms with Crippen molar-refractivity contribution >= 4 is 17.9 Å². The van der Waals surface area contributed by atoms with E-state index in [1.807, 2.05) is 0 Å². The minimum absolute atomic E-state index is 0.189. The molecular formula is C43H80O11. The van der Waals surface area contributed by atoms with E-state index in [0.717, 1.165) is 38.5 Å². The third-order valence-electron chi connectivity index (χ3n) is 10.5. The zero-order valence-electron chi connectivity index (χ0n) is 34.2. The molecule has 1 rings (SSSR count). The molecule has 1 aliphatic heterocycles. The van der Waals surface area contributed by atoms with Crippen molar-refractivity contribution < 1.29 is 53.8 Å². The SMILES string of the molecule is CCCCCCCCCCCCCCCCCCCCCC(=O)OCC(COC1OC(C(=O)O)C(O)C(O)C1O)OC(=O)CCCCCCCCCCC. The molecule has 0 radical (unpaired) electrons. The van der Waals surface area contributed by atoms with Crippen LogP contribution in [0.15, 0.2) is 0 Å². The number of rotatable bonds is 37. The van der Waals surface area contributed by atoms with Crippen LogP contribution in [-0.4, -0.2) is 88.4 Å². The molecule has 0 saturated carbocycles. The summed E-state index contributed by atoms with van der Waals surface area (Å²) in [5, 5.41) is 39.7. The predicted molar refractivity (Wildman–Crippen MR) is 211 cm³/mol. The van der Waals surface area contributed by atoms with E-state index in [4.69, 9.17) is 18.9 Å². The topological polar surface area (TPSA) is 169 Å². The Kier molecular flexibility index (Phi) is 32.1. The number of hydrogen-bond acceptors (Lipinski definition) is 10. The van der Waals surface area contributed by atoms with Gasteiger partial charge in [-0.1, -0.05) is 181 Å². The summed E-state index contributed by atoms with van der Waals surface area (Å²) in [6, 6.07) is 0. The number of esters is 2. The van der Waals surface area contributed by atoms with Crippen LogP contribution in [0, 0.1) is 0 Å². The lowest BCUT2D eigenvalue weighted by Crippen LogP contribution is -2.60. The average Bonchev–Trinajstić information content (AvgIpc) is 3.15. The predicted octanol–water partition coefficient (Wildman–Crippen LogP) is 9.09. The van der Waals surface area contributed by atoms with Crippen LogP contribution in [0.2, 0.25) is 0 Å². The lowest BCUT2D eigenvalue weighted by Gasteiger charge is -2.38. The minimum Gasteiger partial charge on any atom is -0.479 e. The molecule has 11 heteroatoms. The number of aliphatic hydroxyl groups is 3. The fourth-order valence-corrected chi connectivity index (χ4v) is 6.94. The van der Waals surface area contributed by atoms with Crippen LogP contribution in [0.3, 0.4) is 0 Å². The summed E-state index contributed by atoms with van der Waals surface area (Å²) in [5.41, 5.74) is 0. The molecule has 54 heavy (non-hydrogen) atoms. The first kappa shape index (κ1) is 50.2. The Balaban J connectivity index is 2.29. The Hall–Kier alpha value is -1.79. The Morgan fingerprint density at radius 3 is 1.26 bits per heavy atom. The molecule has 0 aromatic carbocycles. The maximum Gasteiger partial charge on any atom is 0.335 e. The van der Waals surface area contributed by atoms with Gasteiger partial charge < -0.3 is 39.4 Å². The smallest absolute Gasteiger partial charge is 0.335 e. The first-order chi connectivity index (χ1) is 26.2. The maximum atomic E-state index is 12.7. The van der Waals surface area contributed by atoms with Gasteiger partial charge in [0.25, 0.3) is 0 Å². The molecule has 6 unspecified atom stereocenters. The fourth-order valence-electron chi connectivity index (χ4n) is 6.94. The summed E-state index contributed by atoms with van der Waals surface area (Å²) in [5.74, 6) is -2.43. The van der Waals surface area contributed by atoms with Crippen LogP contribution < -0.4 is 0 Å². The highest BCUT2D eigenvalue weighted by molar-refractivity contribution is 5.73. The number of unbranched alkanes of at least 4 members (excludes halogenated alkanes) is 26. The third-order valence-corrected chi connectivity index (χ3v) is 10.5. The quantitative estimate of drug-likeness (QED) is 0.0351. The Labute approximate surface area is 327 Å². The van der Waals surface area contributed by atoms with E-state index < -0.39 is 54.7 Å². The summed E-state index contributed by atoms with van der Waals surface area (Å²) in [6.07, 6.45) is 24.6. The van der Waals surface area contributed by atoms with Gasteiger partial charge in [-0.25, -0.2) is 4.79 Å². The van der Waals surface area contributed by atoms with Crippen molar-refractivity contribution in [2.45, 2.75) is 243 Å². The van der Waals surface area contributed by atoms with E-state index in [0.29, 0.717) is 12.8 Å². The van der Waals surface area contributed by atoms with Crippen LogP contribution in [-0.2, 0) is 33.3 Å². The Morgan fingerprint density at radius 2 is 0.870 bits per heavy atom. The molecule has 0 spiro atoms. The van der Waals surface area contributed by atoms with Crippen molar-refractivity contribution in [2.75, 3.05) is 13.2 Å². The van der Waals surface area contributed by atoms with Crippen molar-refractivity contribution in [3.05, 3.63) is 0 Å². The van der Waals surface area contributed by atoms with Gasteiger partial charge in [-0.2, -0.15) is 0 Å². The van der Waals surface area contributed by atoms with Crippen LogP contribution in [0.4, 0.5) is 0 Å². The molecule has 0 amide bonds. The highest BCUT2D eigenvalue weighted by Gasteiger charge is 2.47. The first-order valence-electron chi connectivity index (χ1n) is 22.1. The molecule has 1 aliphatic rings. The van der Waals surface area contributed by atoms with Gasteiger partial charge in [-0.15, -0.1) is 0 Å². The molecule has 0 bridgehead atoms. The van der Waals surface area contributed by atoms with E-state index in [2.05, 4.69) is 13.8 Å². The monoisotopic (exact) mass is 773 g/mol. The molecule has 0 aromatic rings. The summed E-state index contributed by atoms with van der Waals surface area (Å²) < 4.78 is 21.7.